The molecule has 0 unspecified atom stereocenters. The molecule has 1 aromatic carbocycles. The maximum Gasteiger partial charge on any atom is 0.469 e. The summed E-state index contributed by atoms with van der Waals surface area (Å²) in [6.07, 6.45) is -2.53. The molecule has 1 fully saturated rings. The Morgan fingerprint density at radius 3 is 2.78 bits per heavy atom. The lowest BCUT2D eigenvalue weighted by atomic mass is 10.1. The van der Waals surface area contributed by atoms with Crippen LogP contribution in [0.4, 0.5) is 11.5 Å². The van der Waals surface area contributed by atoms with Gasteiger partial charge >= 0.3 is 7.82 Å². The molecular weight excluding hydrogens is 467 g/mol. The minimum atomic E-state index is -4.77. The zero-order chi connectivity index (χ0) is 23.0. The van der Waals surface area contributed by atoms with Crippen LogP contribution in [0.5, 0.6) is 0 Å². The predicted molar refractivity (Wildman–Crippen MR) is 112 cm³/mol. The number of nitrogens with zero attached hydrogens (tertiary/aromatic N) is 4. The van der Waals surface area contributed by atoms with Gasteiger partial charge in [0.25, 0.3) is 0 Å². The summed E-state index contributed by atoms with van der Waals surface area (Å²) in [5, 5.41) is 24.3. The average Bonchev–Trinajstić information content (AvgIpc) is 3.28. The van der Waals surface area contributed by atoms with Crippen molar-refractivity contribution in [2.45, 2.75) is 31.1 Å². The molecule has 1 saturated heterocycles. The number of phosphoric ester groups is 1. The highest BCUT2D eigenvalue weighted by molar-refractivity contribution is 7.46. The average molecular weight is 487 g/mol. The van der Waals surface area contributed by atoms with Crippen LogP contribution in [0.1, 0.15) is 11.8 Å². The fourth-order valence-electron chi connectivity index (χ4n) is 3.34. The summed E-state index contributed by atoms with van der Waals surface area (Å²) in [5.74, 6) is 0.390. The van der Waals surface area contributed by atoms with Crippen LogP contribution in [-0.4, -0.2) is 64.4 Å². The molecule has 0 amide bonds. The molecule has 3 heterocycles. The summed E-state index contributed by atoms with van der Waals surface area (Å²) >= 11 is 6.19. The Kier molecular flexibility index (Phi) is 6.34. The Hall–Kier alpha value is -2.35. The van der Waals surface area contributed by atoms with Crippen molar-refractivity contribution in [2.75, 3.05) is 17.7 Å². The molecule has 2 aromatic heterocycles. The number of ether oxygens (including phenoxy) is 1. The van der Waals surface area contributed by atoms with Crippen LogP contribution in [-0.2, 0) is 20.4 Å². The van der Waals surface area contributed by atoms with Gasteiger partial charge in [0.2, 0.25) is 0 Å². The van der Waals surface area contributed by atoms with E-state index in [2.05, 4.69) is 24.8 Å². The highest BCUT2D eigenvalue weighted by Gasteiger charge is 2.45. The molecule has 1 aliphatic rings. The molecule has 13 nitrogen and oxygen atoms in total. The van der Waals surface area contributed by atoms with Gasteiger partial charge in [-0.25, -0.2) is 19.5 Å². The van der Waals surface area contributed by atoms with E-state index >= 15 is 0 Å². The van der Waals surface area contributed by atoms with Gasteiger partial charge in [-0.2, -0.15) is 0 Å². The van der Waals surface area contributed by atoms with Gasteiger partial charge in [0, 0.05) is 17.3 Å². The van der Waals surface area contributed by atoms with Crippen LogP contribution in [0.15, 0.2) is 30.9 Å². The highest BCUT2D eigenvalue weighted by Crippen LogP contribution is 2.39. The fourth-order valence-corrected chi connectivity index (χ4v) is 3.87. The van der Waals surface area contributed by atoms with E-state index in [1.54, 1.807) is 18.2 Å². The molecule has 0 bridgehead atoms. The Morgan fingerprint density at radius 2 is 2.03 bits per heavy atom. The SMILES string of the molecule is Nc1ccc(Cl)c(CNc2ncnc3c2ncn3[C@@H]2O[C@H](COP(=O)(O)O)[C@@H](O)[C@H]2O)c1. The van der Waals surface area contributed by atoms with E-state index in [1.165, 1.54) is 17.2 Å². The van der Waals surface area contributed by atoms with Gasteiger partial charge in [-0.05, 0) is 23.8 Å². The smallest absolute Gasteiger partial charge is 0.399 e. The number of nitrogens with one attached hydrogen (secondary N) is 1. The number of aliphatic hydroxyl groups is 2. The maximum absolute atomic E-state index is 10.9. The summed E-state index contributed by atoms with van der Waals surface area (Å²) in [4.78, 5) is 30.3. The van der Waals surface area contributed by atoms with Crippen molar-refractivity contribution in [3.63, 3.8) is 0 Å². The van der Waals surface area contributed by atoms with E-state index in [4.69, 9.17) is 31.9 Å². The van der Waals surface area contributed by atoms with Crippen molar-refractivity contribution in [1.29, 1.82) is 0 Å². The number of anilines is 2. The summed E-state index contributed by atoms with van der Waals surface area (Å²) < 4.78 is 22.3. The van der Waals surface area contributed by atoms with Crippen molar-refractivity contribution in [3.05, 3.63) is 41.4 Å². The number of benzene rings is 1. The number of hydrogen-bond donors (Lipinski definition) is 6. The van der Waals surface area contributed by atoms with Gasteiger partial charge in [-0.3, -0.25) is 9.09 Å². The Labute approximate surface area is 186 Å². The van der Waals surface area contributed by atoms with Crippen LogP contribution in [0.25, 0.3) is 11.2 Å². The quantitative estimate of drug-likeness (QED) is 0.199. The normalized spacial score (nSPS) is 23.7. The van der Waals surface area contributed by atoms with E-state index in [0.717, 1.165) is 5.56 Å². The first-order chi connectivity index (χ1) is 15.1. The molecule has 0 spiro atoms. The van der Waals surface area contributed by atoms with E-state index < -0.39 is 39.0 Å². The molecule has 4 atom stereocenters. The van der Waals surface area contributed by atoms with Crippen LogP contribution < -0.4 is 11.1 Å². The number of aliphatic hydroxyl groups excluding tert-OH is 2. The summed E-state index contributed by atoms with van der Waals surface area (Å²) in [6, 6.07) is 5.11. The van der Waals surface area contributed by atoms with Crippen molar-refractivity contribution in [3.8, 4) is 0 Å². The van der Waals surface area contributed by atoms with E-state index in [-0.39, 0.29) is 0 Å². The zero-order valence-electron chi connectivity index (χ0n) is 16.3. The number of phosphoric acid groups is 1. The third kappa shape index (κ3) is 4.70. The number of rotatable bonds is 7. The number of hydrogen-bond acceptors (Lipinski definition) is 10. The van der Waals surface area contributed by atoms with Gasteiger partial charge in [-0.1, -0.05) is 11.6 Å². The molecule has 7 N–H and O–H groups in total. The van der Waals surface area contributed by atoms with Gasteiger partial charge in [0.1, 0.15) is 24.6 Å². The first-order valence-electron chi connectivity index (χ1n) is 9.31. The van der Waals surface area contributed by atoms with Crippen LogP contribution >= 0.6 is 19.4 Å². The Morgan fingerprint density at radius 1 is 1.25 bits per heavy atom. The third-order valence-electron chi connectivity index (χ3n) is 4.89. The number of fused-ring (bicyclic) bond motifs is 1. The van der Waals surface area contributed by atoms with E-state index in [0.29, 0.717) is 34.2 Å². The molecule has 0 aliphatic carbocycles. The lowest BCUT2D eigenvalue weighted by molar-refractivity contribution is -0.0504. The second-order valence-corrected chi connectivity index (χ2v) is 8.73. The first kappa shape index (κ1) is 22.8. The first-order valence-corrected chi connectivity index (χ1v) is 11.2. The van der Waals surface area contributed by atoms with Crippen molar-refractivity contribution in [1.82, 2.24) is 19.5 Å². The second kappa shape index (κ2) is 8.89. The fraction of sp³-hybridized carbons (Fsp3) is 0.353. The lowest BCUT2D eigenvalue weighted by Gasteiger charge is -2.16. The van der Waals surface area contributed by atoms with Gasteiger partial charge in [0.05, 0.1) is 12.9 Å². The molecule has 0 radical (unpaired) electrons. The Balaban J connectivity index is 1.55. The summed E-state index contributed by atoms with van der Waals surface area (Å²) in [7, 11) is -4.77. The molecule has 172 valence electrons. The van der Waals surface area contributed by atoms with Crippen molar-refractivity contribution in [2.24, 2.45) is 0 Å². The molecular formula is C17H20ClN6O7P. The molecule has 0 saturated carbocycles. The number of halogens is 1. The van der Waals surface area contributed by atoms with Crippen LogP contribution in [0.3, 0.4) is 0 Å². The third-order valence-corrected chi connectivity index (χ3v) is 5.75. The van der Waals surface area contributed by atoms with Gasteiger partial charge in [0.15, 0.2) is 23.2 Å². The number of imidazole rings is 1. The second-order valence-electron chi connectivity index (χ2n) is 7.08. The molecule has 4 rings (SSSR count). The number of nitrogen functional groups attached to an aromatic ring is 1. The van der Waals surface area contributed by atoms with Gasteiger partial charge in [-0.15, -0.1) is 0 Å². The molecule has 3 aromatic rings. The number of nitrogens with two attached hydrogens (primary N) is 1. The van der Waals surface area contributed by atoms with E-state index in [1.807, 2.05) is 0 Å². The minimum Gasteiger partial charge on any atom is -0.399 e. The molecule has 15 heteroatoms. The van der Waals surface area contributed by atoms with E-state index in [9.17, 15) is 14.8 Å². The summed E-state index contributed by atoms with van der Waals surface area (Å²) in [6.45, 7) is -0.305. The van der Waals surface area contributed by atoms with Gasteiger partial charge < -0.3 is 35.8 Å². The largest absolute Gasteiger partial charge is 0.469 e. The van der Waals surface area contributed by atoms with Crippen LogP contribution in [0.2, 0.25) is 5.02 Å². The monoisotopic (exact) mass is 486 g/mol. The highest BCUT2D eigenvalue weighted by atomic mass is 35.5. The zero-order valence-corrected chi connectivity index (χ0v) is 18.0. The topological polar surface area (TPSA) is 198 Å². The predicted octanol–water partition coefficient (Wildman–Crippen LogP) is 0.402. The molecule has 1 aliphatic heterocycles. The Bertz CT molecular complexity index is 1170. The standard InChI is InChI=1S/C17H20ClN6O7P/c18-10-2-1-9(19)3-8(10)4-20-15-12-16(22-6-21-15)24(7-23-12)17-14(26)13(25)11(31-17)5-30-32(27,28)29/h1-3,6-7,11,13-14,17,25-26H,4-5,19H2,(H,20,21,22)(H2,27,28,29)/t11-,13-,14-,17-/m1/s1. The molecule has 32 heavy (non-hydrogen) atoms. The van der Waals surface area contributed by atoms with Crippen molar-refractivity contribution < 1.29 is 33.8 Å². The van der Waals surface area contributed by atoms with Crippen molar-refractivity contribution >= 4 is 42.1 Å². The summed E-state index contributed by atoms with van der Waals surface area (Å²) in [5.41, 5.74) is 7.79. The van der Waals surface area contributed by atoms with Crippen LogP contribution in [0, 0.1) is 0 Å². The lowest BCUT2D eigenvalue weighted by Crippen LogP contribution is -2.33. The maximum atomic E-state index is 10.9. The minimum absolute atomic E-state index is 0.300. The number of aromatic nitrogens is 4.